The van der Waals surface area contributed by atoms with Gasteiger partial charge < -0.3 is 10.5 Å². The summed E-state index contributed by atoms with van der Waals surface area (Å²) in [6.45, 7) is 18.4. The molecule has 0 aliphatic rings. The van der Waals surface area contributed by atoms with Gasteiger partial charge in [-0.25, -0.2) is 0 Å². The van der Waals surface area contributed by atoms with Crippen molar-refractivity contribution < 1.29 is 9.53 Å². The van der Waals surface area contributed by atoms with Crippen LogP contribution < -0.4 is 5.73 Å². The molecule has 0 heterocycles. The smallest absolute Gasteiger partial charge is 0.150 e. The first-order chi connectivity index (χ1) is 16.1. The Morgan fingerprint density at radius 3 is 1.30 bits per heavy atom. The van der Waals surface area contributed by atoms with Gasteiger partial charge in [0.15, 0.2) is 0 Å². The number of carbonyl (C=O) groups is 1. The van der Waals surface area contributed by atoms with Gasteiger partial charge in [0, 0.05) is 39.1 Å². The molecule has 5 heteroatoms. The number of carbonyl (C=O) groups excluding carboxylic acids is 1. The van der Waals surface area contributed by atoms with Gasteiger partial charge in [-0.05, 0) is 39.1 Å². The largest absolute Gasteiger partial charge is 0.388 e. The third kappa shape index (κ3) is 48.2. The van der Waals surface area contributed by atoms with Gasteiger partial charge in [-0.3, -0.25) is 14.8 Å². The van der Waals surface area contributed by atoms with E-state index in [0.717, 1.165) is 31.5 Å². The van der Waals surface area contributed by atoms with Crippen molar-refractivity contribution in [2.45, 2.75) is 55.4 Å². The van der Waals surface area contributed by atoms with E-state index in [1.807, 2.05) is 110 Å². The van der Waals surface area contributed by atoms with E-state index in [9.17, 15) is 4.79 Å². The van der Waals surface area contributed by atoms with Crippen LogP contribution in [-0.4, -0.2) is 52.6 Å². The van der Waals surface area contributed by atoms with Gasteiger partial charge in [-0.1, -0.05) is 95.3 Å². The van der Waals surface area contributed by atoms with Crippen LogP contribution >= 0.6 is 0 Å². The van der Waals surface area contributed by atoms with Gasteiger partial charge >= 0.3 is 0 Å². The number of rotatable bonds is 4. The summed E-state index contributed by atoms with van der Waals surface area (Å²) in [6.07, 6.45) is 4.53. The van der Waals surface area contributed by atoms with Crippen LogP contribution in [0.4, 0.5) is 0 Å². The van der Waals surface area contributed by atoms with Crippen molar-refractivity contribution in [1.29, 1.82) is 0 Å². The lowest BCUT2D eigenvalue weighted by molar-refractivity contribution is 0.112. The molecule has 0 aliphatic heterocycles. The van der Waals surface area contributed by atoms with Crippen molar-refractivity contribution in [2.24, 2.45) is 15.7 Å². The maximum Gasteiger partial charge on any atom is 0.150 e. The first kappa shape index (κ1) is 40.7. The summed E-state index contributed by atoms with van der Waals surface area (Å²) in [5.74, 6) is 0. The lowest BCUT2D eigenvalue weighted by atomic mass is 10.2. The highest BCUT2D eigenvalue weighted by atomic mass is 16.4. The van der Waals surface area contributed by atoms with Crippen LogP contribution in [0.2, 0.25) is 0 Å². The molecule has 190 valence electrons. The highest BCUT2D eigenvalue weighted by molar-refractivity contribution is 5.79. The molecule has 0 radical (unpaired) electrons. The Hall–Kier alpha value is -2.63. The molecule has 5 nitrogen and oxygen atoms in total. The number of nitrogens with zero attached hydrogens (tertiary/aromatic N) is 2. The molecular formula is C28H51N3O2. The Balaban J connectivity index is -0.000000102. The van der Waals surface area contributed by atoms with Crippen molar-refractivity contribution in [3.63, 3.8) is 0 Å². The first-order valence-corrected chi connectivity index (χ1v) is 11.7. The highest BCUT2D eigenvalue weighted by Gasteiger charge is 1.80. The molecule has 0 amide bonds. The molecule has 2 aromatic carbocycles. The quantitative estimate of drug-likeness (QED) is 0.393. The van der Waals surface area contributed by atoms with E-state index in [2.05, 4.69) is 14.7 Å². The fourth-order valence-corrected chi connectivity index (χ4v) is 1.45. The summed E-state index contributed by atoms with van der Waals surface area (Å²) in [5, 5.41) is 0. The van der Waals surface area contributed by atoms with Crippen LogP contribution in [0.5, 0.6) is 0 Å². The predicted molar refractivity (Wildman–Crippen MR) is 151 cm³/mol. The molecule has 0 saturated heterocycles. The Morgan fingerprint density at radius 2 is 1.09 bits per heavy atom. The molecule has 2 rings (SSSR count). The standard InChI is InChI=1S/C9H11N.C7H6O.C4H9N.C2H7N.C2H6O.2C2H6/c1-2-10-8-9-6-4-3-5-7-9;8-6-7-4-2-1-3-5-7;1-3-5-4-2;1-2-3;1-3-2;2*1-2/h3-8H,2H2,1H3;1-6H;3H,4H2,1-2H3;2-3H2,1H3;1-2H3;2*1-2H3. The van der Waals surface area contributed by atoms with Gasteiger partial charge in [-0.15, -0.1) is 0 Å². The summed E-state index contributed by atoms with van der Waals surface area (Å²) in [7, 11) is 3.25. The number of nitrogens with two attached hydrogens (primary N) is 1. The van der Waals surface area contributed by atoms with Crippen LogP contribution in [0, 0.1) is 0 Å². The van der Waals surface area contributed by atoms with E-state index in [-0.39, 0.29) is 0 Å². The molecule has 0 aromatic heterocycles. The Bertz CT molecular complexity index is 585. The monoisotopic (exact) mass is 461 g/mol. The van der Waals surface area contributed by atoms with E-state index in [0.29, 0.717) is 0 Å². The van der Waals surface area contributed by atoms with Gasteiger partial charge in [0.1, 0.15) is 6.29 Å². The van der Waals surface area contributed by atoms with E-state index >= 15 is 0 Å². The maximum atomic E-state index is 10.0. The van der Waals surface area contributed by atoms with E-state index in [1.165, 1.54) is 5.56 Å². The lowest BCUT2D eigenvalue weighted by Gasteiger charge is -1.87. The summed E-state index contributed by atoms with van der Waals surface area (Å²) in [6, 6.07) is 19.2. The molecule has 0 bridgehead atoms. The minimum absolute atomic E-state index is 0.729. The van der Waals surface area contributed by atoms with Crippen molar-refractivity contribution in [2.75, 3.05) is 33.9 Å². The van der Waals surface area contributed by atoms with Crippen LogP contribution in [0.25, 0.3) is 0 Å². The normalized spacial score (nSPS) is 8.21. The molecule has 0 atom stereocenters. The van der Waals surface area contributed by atoms with Gasteiger partial charge in [-0.2, -0.15) is 0 Å². The van der Waals surface area contributed by atoms with Gasteiger partial charge in [0.05, 0.1) is 0 Å². The summed E-state index contributed by atoms with van der Waals surface area (Å²) in [4.78, 5) is 18.0. The number of hydrogen-bond acceptors (Lipinski definition) is 5. The molecule has 2 N–H and O–H groups in total. The fraction of sp³-hybridized carbons (Fsp3) is 0.464. The molecule has 0 unspecified atom stereocenters. The highest BCUT2D eigenvalue weighted by Crippen LogP contribution is 1.93. The van der Waals surface area contributed by atoms with Gasteiger partial charge in [0.25, 0.3) is 0 Å². The molecular weight excluding hydrogens is 410 g/mol. The molecule has 0 aliphatic carbocycles. The molecule has 2 aromatic rings. The van der Waals surface area contributed by atoms with Crippen LogP contribution in [-0.2, 0) is 4.74 Å². The molecule has 33 heavy (non-hydrogen) atoms. The van der Waals surface area contributed by atoms with E-state index < -0.39 is 0 Å². The Morgan fingerprint density at radius 1 is 0.758 bits per heavy atom. The number of ether oxygens (including phenoxy) is 1. The van der Waals surface area contributed by atoms with Crippen LogP contribution in [0.15, 0.2) is 70.6 Å². The zero-order chi connectivity index (χ0) is 26.6. The second-order valence-corrected chi connectivity index (χ2v) is 5.14. The number of benzene rings is 2. The zero-order valence-electron chi connectivity index (χ0n) is 22.9. The summed E-state index contributed by atoms with van der Waals surface area (Å²) < 4.78 is 4.25. The molecule has 0 fully saturated rings. The SMILES string of the molecule is CC.CC.CC=NCC.CCN.CCN=Cc1ccccc1.COC.O=Cc1ccccc1. The Kier molecular flexibility index (Phi) is 58.3. The summed E-state index contributed by atoms with van der Waals surface area (Å²) in [5.41, 5.74) is 6.75. The second-order valence-electron chi connectivity index (χ2n) is 5.14. The number of methoxy groups -OCH3 is 1. The van der Waals surface area contributed by atoms with Crippen molar-refractivity contribution in [1.82, 2.24) is 0 Å². The predicted octanol–water partition coefficient (Wildman–Crippen LogP) is 7.00. The number of aldehydes is 1. The molecule has 0 saturated carbocycles. The van der Waals surface area contributed by atoms with Crippen molar-refractivity contribution in [3.05, 3.63) is 71.8 Å². The number of hydrogen-bond donors (Lipinski definition) is 1. The van der Waals surface area contributed by atoms with E-state index in [4.69, 9.17) is 5.73 Å². The van der Waals surface area contributed by atoms with Crippen LogP contribution in [0.3, 0.4) is 0 Å². The second kappa shape index (κ2) is 47.2. The molecule has 0 spiro atoms. The first-order valence-electron chi connectivity index (χ1n) is 11.7. The fourth-order valence-electron chi connectivity index (χ4n) is 1.45. The minimum Gasteiger partial charge on any atom is -0.388 e. The van der Waals surface area contributed by atoms with Crippen molar-refractivity contribution in [3.8, 4) is 0 Å². The van der Waals surface area contributed by atoms with Crippen LogP contribution in [0.1, 0.15) is 71.3 Å². The number of aliphatic imine (C=N–C) groups is 2. The van der Waals surface area contributed by atoms with E-state index in [1.54, 1.807) is 32.6 Å². The van der Waals surface area contributed by atoms with Crippen molar-refractivity contribution >= 4 is 18.7 Å². The zero-order valence-corrected chi connectivity index (χ0v) is 22.9. The third-order valence-electron chi connectivity index (χ3n) is 2.52. The minimum atomic E-state index is 0.729. The Labute approximate surface area is 205 Å². The average Bonchev–Trinajstić information content (AvgIpc) is 2.88. The van der Waals surface area contributed by atoms with Gasteiger partial charge in [0.2, 0.25) is 0 Å². The lowest BCUT2D eigenvalue weighted by Crippen LogP contribution is -1.87. The average molecular weight is 462 g/mol. The topological polar surface area (TPSA) is 77.0 Å². The summed E-state index contributed by atoms with van der Waals surface area (Å²) >= 11 is 0. The maximum absolute atomic E-state index is 10.0. The third-order valence-corrected chi connectivity index (χ3v) is 2.52.